The molecule has 1 saturated carbocycles. The molecule has 2 amide bonds. The van der Waals surface area contributed by atoms with Gasteiger partial charge in [-0.2, -0.15) is 16.9 Å². The minimum atomic E-state index is 0.0528. The van der Waals surface area contributed by atoms with Gasteiger partial charge in [-0.25, -0.2) is 4.79 Å². The largest absolute Gasteiger partial charge is 0.338 e. The van der Waals surface area contributed by atoms with Crippen LogP contribution in [0.4, 0.5) is 4.79 Å². The fourth-order valence-corrected chi connectivity index (χ4v) is 4.04. The summed E-state index contributed by atoms with van der Waals surface area (Å²) in [7, 11) is 1.92. The van der Waals surface area contributed by atoms with Crippen LogP contribution < -0.4 is 5.32 Å². The molecule has 0 spiro atoms. The first-order valence-corrected chi connectivity index (χ1v) is 9.74. The van der Waals surface area contributed by atoms with E-state index in [2.05, 4.69) is 36.6 Å². The van der Waals surface area contributed by atoms with Gasteiger partial charge in [0.05, 0.1) is 5.69 Å². The number of aryl methyl sites for hydroxylation is 2. The van der Waals surface area contributed by atoms with Crippen LogP contribution in [0, 0.1) is 19.8 Å². The summed E-state index contributed by atoms with van der Waals surface area (Å²) in [6, 6.07) is 2.53. The number of nitrogens with one attached hydrogen (secondary N) is 1. The van der Waals surface area contributed by atoms with E-state index in [-0.39, 0.29) is 6.03 Å². The molecule has 130 valence electrons. The number of hydrogen-bond acceptors (Lipinski definition) is 3. The van der Waals surface area contributed by atoms with Gasteiger partial charge in [0.25, 0.3) is 0 Å². The van der Waals surface area contributed by atoms with Crippen molar-refractivity contribution < 1.29 is 4.79 Å². The molecule has 0 saturated heterocycles. The normalized spacial score (nSPS) is 22.1. The van der Waals surface area contributed by atoms with Gasteiger partial charge < -0.3 is 10.2 Å². The SMILES string of the molecule is CS[C@@H]1CC[C@@H](N(C)C(=O)NC[C@H](C)Cn2nc(C)cc2C)C1. The first-order valence-electron chi connectivity index (χ1n) is 8.45. The van der Waals surface area contributed by atoms with Crippen molar-refractivity contribution in [3.8, 4) is 0 Å². The molecule has 23 heavy (non-hydrogen) atoms. The molecule has 1 N–H and O–H groups in total. The summed E-state index contributed by atoms with van der Waals surface area (Å²) in [5.41, 5.74) is 2.22. The van der Waals surface area contributed by atoms with Gasteiger partial charge in [0.2, 0.25) is 0 Å². The minimum absolute atomic E-state index is 0.0528. The zero-order chi connectivity index (χ0) is 17.0. The quantitative estimate of drug-likeness (QED) is 0.867. The average molecular weight is 339 g/mol. The van der Waals surface area contributed by atoms with E-state index in [0.29, 0.717) is 23.8 Å². The molecule has 6 heteroatoms. The number of urea groups is 1. The summed E-state index contributed by atoms with van der Waals surface area (Å²) in [4.78, 5) is 14.2. The second-order valence-corrected chi connectivity index (χ2v) is 7.97. The molecule has 1 aliphatic rings. The van der Waals surface area contributed by atoms with E-state index in [1.54, 1.807) is 0 Å². The maximum absolute atomic E-state index is 12.3. The second-order valence-electron chi connectivity index (χ2n) is 6.84. The molecular formula is C17H30N4OS. The molecule has 0 aromatic carbocycles. The molecule has 1 heterocycles. The van der Waals surface area contributed by atoms with Crippen molar-refractivity contribution in [3.05, 3.63) is 17.5 Å². The molecule has 0 unspecified atom stereocenters. The lowest BCUT2D eigenvalue weighted by Crippen LogP contribution is -2.44. The van der Waals surface area contributed by atoms with Crippen LogP contribution in [0.3, 0.4) is 0 Å². The Morgan fingerprint density at radius 1 is 1.52 bits per heavy atom. The molecule has 3 atom stereocenters. The van der Waals surface area contributed by atoms with E-state index in [9.17, 15) is 4.79 Å². The van der Waals surface area contributed by atoms with Crippen LogP contribution in [0.2, 0.25) is 0 Å². The van der Waals surface area contributed by atoms with Gasteiger partial charge in [0.15, 0.2) is 0 Å². The first-order chi connectivity index (χ1) is 10.9. The molecule has 0 bridgehead atoms. The van der Waals surface area contributed by atoms with Crippen molar-refractivity contribution >= 4 is 17.8 Å². The van der Waals surface area contributed by atoms with Gasteiger partial charge in [-0.3, -0.25) is 4.68 Å². The lowest BCUT2D eigenvalue weighted by Gasteiger charge is -2.26. The van der Waals surface area contributed by atoms with Crippen molar-refractivity contribution in [3.63, 3.8) is 0 Å². The lowest BCUT2D eigenvalue weighted by molar-refractivity contribution is 0.189. The summed E-state index contributed by atoms with van der Waals surface area (Å²) in [6.45, 7) is 7.74. The van der Waals surface area contributed by atoms with Crippen LogP contribution in [0.1, 0.15) is 37.6 Å². The minimum Gasteiger partial charge on any atom is -0.338 e. The highest BCUT2D eigenvalue weighted by atomic mass is 32.2. The van der Waals surface area contributed by atoms with E-state index in [1.165, 1.54) is 12.1 Å². The van der Waals surface area contributed by atoms with Crippen molar-refractivity contribution in [1.82, 2.24) is 20.0 Å². The Kier molecular flexibility index (Phi) is 6.39. The predicted octanol–water partition coefficient (Wildman–Crippen LogP) is 3.06. The first kappa shape index (κ1) is 18.2. The highest BCUT2D eigenvalue weighted by molar-refractivity contribution is 7.99. The Hall–Kier alpha value is -1.17. The number of rotatable bonds is 6. The highest BCUT2D eigenvalue weighted by Gasteiger charge is 2.29. The number of carbonyl (C=O) groups excluding carboxylic acids is 1. The van der Waals surface area contributed by atoms with Crippen molar-refractivity contribution in [2.75, 3.05) is 19.8 Å². The van der Waals surface area contributed by atoms with Gasteiger partial charge in [-0.15, -0.1) is 0 Å². The van der Waals surface area contributed by atoms with E-state index in [0.717, 1.165) is 25.1 Å². The van der Waals surface area contributed by atoms with E-state index in [1.807, 2.05) is 35.3 Å². The number of nitrogens with zero attached hydrogens (tertiary/aromatic N) is 3. The summed E-state index contributed by atoms with van der Waals surface area (Å²) in [5.74, 6) is 0.355. The van der Waals surface area contributed by atoms with Crippen LogP contribution in [-0.2, 0) is 6.54 Å². The van der Waals surface area contributed by atoms with Crippen molar-refractivity contribution in [2.24, 2.45) is 5.92 Å². The van der Waals surface area contributed by atoms with Crippen LogP contribution in [0.25, 0.3) is 0 Å². The average Bonchev–Trinajstić information content (AvgIpc) is 3.11. The number of hydrogen-bond donors (Lipinski definition) is 1. The number of thioether (sulfide) groups is 1. The molecule has 1 fully saturated rings. The maximum atomic E-state index is 12.3. The summed E-state index contributed by atoms with van der Waals surface area (Å²) < 4.78 is 2.02. The molecule has 2 rings (SSSR count). The second kappa shape index (κ2) is 8.08. The van der Waals surface area contributed by atoms with Crippen molar-refractivity contribution in [2.45, 2.75) is 57.9 Å². The maximum Gasteiger partial charge on any atom is 0.317 e. The van der Waals surface area contributed by atoms with Gasteiger partial charge in [-0.1, -0.05) is 6.92 Å². The van der Waals surface area contributed by atoms with Crippen LogP contribution >= 0.6 is 11.8 Å². The highest BCUT2D eigenvalue weighted by Crippen LogP contribution is 2.30. The van der Waals surface area contributed by atoms with Crippen LogP contribution in [0.5, 0.6) is 0 Å². The fourth-order valence-electron chi connectivity index (χ4n) is 3.25. The molecule has 0 radical (unpaired) electrons. The number of aromatic nitrogens is 2. The third-order valence-corrected chi connectivity index (χ3v) is 5.84. The monoisotopic (exact) mass is 338 g/mol. The third kappa shape index (κ3) is 4.90. The van der Waals surface area contributed by atoms with Crippen LogP contribution in [-0.4, -0.2) is 51.9 Å². The van der Waals surface area contributed by atoms with E-state index < -0.39 is 0 Å². The zero-order valence-corrected chi connectivity index (χ0v) is 15.8. The summed E-state index contributed by atoms with van der Waals surface area (Å²) in [5, 5.41) is 8.27. The van der Waals surface area contributed by atoms with E-state index >= 15 is 0 Å². The van der Waals surface area contributed by atoms with Gasteiger partial charge in [0.1, 0.15) is 0 Å². The molecule has 1 aromatic heterocycles. The Balaban J connectivity index is 1.76. The predicted molar refractivity (Wildman–Crippen MR) is 97.0 cm³/mol. The fraction of sp³-hybridized carbons (Fsp3) is 0.765. The van der Waals surface area contributed by atoms with E-state index in [4.69, 9.17) is 0 Å². The number of carbonyl (C=O) groups is 1. The smallest absolute Gasteiger partial charge is 0.317 e. The molecule has 0 aliphatic heterocycles. The lowest BCUT2D eigenvalue weighted by atomic mass is 10.2. The zero-order valence-electron chi connectivity index (χ0n) is 15.0. The Morgan fingerprint density at radius 2 is 2.26 bits per heavy atom. The summed E-state index contributed by atoms with van der Waals surface area (Å²) >= 11 is 1.92. The Labute approximate surface area is 144 Å². The third-order valence-electron chi connectivity index (χ3n) is 4.75. The summed E-state index contributed by atoms with van der Waals surface area (Å²) in [6.07, 6.45) is 5.62. The Bertz CT molecular complexity index is 531. The number of amides is 2. The standard InChI is InChI=1S/C17H30N4OS/c1-12(11-21-14(3)8-13(2)19-21)10-18-17(22)20(4)15-6-7-16(9-15)23-5/h8,12,15-16H,6-7,9-11H2,1-5H3,(H,18,22)/t12-,15+,16+/m0/s1. The molecule has 1 aliphatic carbocycles. The van der Waals surface area contributed by atoms with Crippen LogP contribution in [0.15, 0.2) is 6.07 Å². The van der Waals surface area contributed by atoms with Gasteiger partial charge >= 0.3 is 6.03 Å². The van der Waals surface area contributed by atoms with Crippen molar-refractivity contribution in [1.29, 1.82) is 0 Å². The van der Waals surface area contributed by atoms with Gasteiger partial charge in [0, 0.05) is 37.1 Å². The molecule has 5 nitrogen and oxygen atoms in total. The van der Waals surface area contributed by atoms with Gasteiger partial charge in [-0.05, 0) is 51.3 Å². The Morgan fingerprint density at radius 3 is 2.83 bits per heavy atom. The molecular weight excluding hydrogens is 308 g/mol. The topological polar surface area (TPSA) is 50.2 Å². The molecule has 1 aromatic rings.